The van der Waals surface area contributed by atoms with Crippen LogP contribution in [0.2, 0.25) is 0 Å². The molecule has 0 fully saturated rings. The molecule has 0 aromatic rings. The topological polar surface area (TPSA) is 26.3 Å². The smallest absolute Gasteiger partial charge is 0.152 e. The zero-order valence-corrected chi connectivity index (χ0v) is 7.68. The fraction of sp³-hybridized carbons (Fsp3) is 0.667. The molecule has 2 nitrogen and oxygen atoms in total. The SMILES string of the molecule is COCC(C)/C(C)=C/C(C)=O. The highest BCUT2D eigenvalue weighted by molar-refractivity contribution is 5.87. The number of hydrogen-bond acceptors (Lipinski definition) is 2. The molecule has 0 aliphatic heterocycles. The van der Waals surface area contributed by atoms with Gasteiger partial charge in [-0.05, 0) is 19.9 Å². The third kappa shape index (κ3) is 4.73. The molecule has 0 spiro atoms. The Labute approximate surface area is 68.2 Å². The van der Waals surface area contributed by atoms with Gasteiger partial charge in [-0.1, -0.05) is 12.5 Å². The molecule has 64 valence electrons. The van der Waals surface area contributed by atoms with Crippen LogP contribution in [-0.4, -0.2) is 19.5 Å². The Hall–Kier alpha value is -0.630. The van der Waals surface area contributed by atoms with Crippen LogP contribution >= 0.6 is 0 Å². The highest BCUT2D eigenvalue weighted by atomic mass is 16.5. The van der Waals surface area contributed by atoms with E-state index in [-0.39, 0.29) is 5.78 Å². The maximum absolute atomic E-state index is 10.6. The molecule has 1 unspecified atom stereocenters. The summed E-state index contributed by atoms with van der Waals surface area (Å²) in [5.74, 6) is 0.439. The van der Waals surface area contributed by atoms with E-state index >= 15 is 0 Å². The third-order valence-corrected chi connectivity index (χ3v) is 1.62. The molecule has 0 aliphatic carbocycles. The summed E-state index contributed by atoms with van der Waals surface area (Å²) in [6, 6.07) is 0. The minimum absolute atomic E-state index is 0.102. The van der Waals surface area contributed by atoms with E-state index in [1.807, 2.05) is 13.8 Å². The van der Waals surface area contributed by atoms with Crippen molar-refractivity contribution in [1.82, 2.24) is 0 Å². The molecule has 0 rings (SSSR count). The van der Waals surface area contributed by atoms with Crippen molar-refractivity contribution in [1.29, 1.82) is 0 Å². The summed E-state index contributed by atoms with van der Waals surface area (Å²) in [6.45, 7) is 6.22. The van der Waals surface area contributed by atoms with Crippen LogP contribution in [0.15, 0.2) is 11.6 Å². The van der Waals surface area contributed by atoms with Crippen LogP contribution in [0, 0.1) is 5.92 Å². The van der Waals surface area contributed by atoms with E-state index in [0.29, 0.717) is 12.5 Å². The Kier molecular flexibility index (Phi) is 4.79. The predicted octanol–water partition coefficient (Wildman–Crippen LogP) is 1.80. The first-order valence-electron chi connectivity index (χ1n) is 3.75. The van der Waals surface area contributed by atoms with Gasteiger partial charge in [0, 0.05) is 13.0 Å². The molecular weight excluding hydrogens is 140 g/mol. The van der Waals surface area contributed by atoms with Gasteiger partial charge in [-0.25, -0.2) is 0 Å². The molecule has 0 saturated carbocycles. The number of rotatable bonds is 4. The van der Waals surface area contributed by atoms with Crippen LogP contribution in [0.25, 0.3) is 0 Å². The summed E-state index contributed by atoms with van der Waals surface area (Å²) in [5.41, 5.74) is 1.08. The first-order valence-corrected chi connectivity index (χ1v) is 3.75. The van der Waals surface area contributed by atoms with Gasteiger partial charge < -0.3 is 4.74 Å². The maximum atomic E-state index is 10.6. The van der Waals surface area contributed by atoms with Gasteiger partial charge in [0.05, 0.1) is 6.61 Å². The average Bonchev–Trinajstić information content (AvgIpc) is 1.86. The Balaban J connectivity index is 4.00. The summed E-state index contributed by atoms with van der Waals surface area (Å²) < 4.78 is 4.95. The summed E-state index contributed by atoms with van der Waals surface area (Å²) in [5, 5.41) is 0. The lowest BCUT2D eigenvalue weighted by atomic mass is 10.0. The minimum atomic E-state index is 0.102. The van der Waals surface area contributed by atoms with E-state index in [1.54, 1.807) is 20.1 Å². The Morgan fingerprint density at radius 2 is 2.09 bits per heavy atom. The molecule has 0 N–H and O–H groups in total. The molecule has 0 aromatic carbocycles. The van der Waals surface area contributed by atoms with Crippen LogP contribution in [0.4, 0.5) is 0 Å². The number of methoxy groups -OCH3 is 1. The lowest BCUT2D eigenvalue weighted by Crippen LogP contribution is -2.05. The van der Waals surface area contributed by atoms with Crippen LogP contribution in [0.1, 0.15) is 20.8 Å². The van der Waals surface area contributed by atoms with Gasteiger partial charge in [0.15, 0.2) is 5.78 Å². The Bertz CT molecular complexity index is 159. The van der Waals surface area contributed by atoms with Crippen molar-refractivity contribution >= 4 is 5.78 Å². The van der Waals surface area contributed by atoms with Crippen molar-refractivity contribution in [2.45, 2.75) is 20.8 Å². The second-order valence-electron chi connectivity index (χ2n) is 2.86. The molecule has 0 aliphatic rings. The van der Waals surface area contributed by atoms with E-state index < -0.39 is 0 Å². The summed E-state index contributed by atoms with van der Waals surface area (Å²) >= 11 is 0. The van der Waals surface area contributed by atoms with Gasteiger partial charge in [-0.3, -0.25) is 4.79 Å². The van der Waals surface area contributed by atoms with Crippen molar-refractivity contribution in [3.8, 4) is 0 Å². The van der Waals surface area contributed by atoms with Crippen molar-refractivity contribution in [3.05, 3.63) is 11.6 Å². The third-order valence-electron chi connectivity index (χ3n) is 1.62. The molecule has 2 heteroatoms. The van der Waals surface area contributed by atoms with Crippen molar-refractivity contribution < 1.29 is 9.53 Å². The van der Waals surface area contributed by atoms with Crippen molar-refractivity contribution in [2.75, 3.05) is 13.7 Å². The lowest BCUT2D eigenvalue weighted by Gasteiger charge is -2.09. The van der Waals surface area contributed by atoms with Gasteiger partial charge in [-0.15, -0.1) is 0 Å². The Morgan fingerprint density at radius 3 is 2.45 bits per heavy atom. The zero-order valence-electron chi connectivity index (χ0n) is 7.68. The van der Waals surface area contributed by atoms with Crippen LogP contribution in [0.5, 0.6) is 0 Å². The molecule has 0 bridgehead atoms. The van der Waals surface area contributed by atoms with Gasteiger partial charge in [0.25, 0.3) is 0 Å². The second kappa shape index (κ2) is 5.08. The molecule has 1 atom stereocenters. The largest absolute Gasteiger partial charge is 0.384 e. The first kappa shape index (κ1) is 10.4. The number of ketones is 1. The zero-order chi connectivity index (χ0) is 8.85. The molecule has 0 radical (unpaired) electrons. The summed E-state index contributed by atoms with van der Waals surface area (Å²) in [6.07, 6.45) is 1.66. The number of carbonyl (C=O) groups excluding carboxylic acids is 1. The number of allylic oxidation sites excluding steroid dienone is 1. The molecule has 0 amide bonds. The number of hydrogen-bond donors (Lipinski definition) is 0. The minimum Gasteiger partial charge on any atom is -0.384 e. The highest BCUT2D eigenvalue weighted by Gasteiger charge is 2.03. The first-order chi connectivity index (χ1) is 5.07. The van der Waals surface area contributed by atoms with E-state index in [0.717, 1.165) is 5.57 Å². The highest BCUT2D eigenvalue weighted by Crippen LogP contribution is 2.08. The van der Waals surface area contributed by atoms with Gasteiger partial charge >= 0.3 is 0 Å². The number of ether oxygens (including phenoxy) is 1. The van der Waals surface area contributed by atoms with E-state index in [1.165, 1.54) is 0 Å². The lowest BCUT2D eigenvalue weighted by molar-refractivity contribution is -0.112. The molecule has 0 saturated heterocycles. The van der Waals surface area contributed by atoms with Gasteiger partial charge in [0.2, 0.25) is 0 Å². The quantitative estimate of drug-likeness (QED) is 0.580. The monoisotopic (exact) mass is 156 g/mol. The summed E-state index contributed by atoms with van der Waals surface area (Å²) in [7, 11) is 1.66. The molecule has 11 heavy (non-hydrogen) atoms. The van der Waals surface area contributed by atoms with E-state index in [9.17, 15) is 4.79 Å². The van der Waals surface area contributed by atoms with E-state index in [4.69, 9.17) is 4.74 Å². The maximum Gasteiger partial charge on any atom is 0.152 e. The van der Waals surface area contributed by atoms with E-state index in [2.05, 4.69) is 0 Å². The van der Waals surface area contributed by atoms with Crippen LogP contribution in [0.3, 0.4) is 0 Å². The standard InChI is InChI=1S/C9H16O2/c1-7(5-9(3)10)8(2)6-11-4/h5,8H,6H2,1-4H3/b7-5+. The van der Waals surface area contributed by atoms with Gasteiger partial charge in [0.1, 0.15) is 0 Å². The fourth-order valence-corrected chi connectivity index (χ4v) is 0.844. The molecule has 0 heterocycles. The summed E-state index contributed by atoms with van der Waals surface area (Å²) in [4.78, 5) is 10.6. The second-order valence-corrected chi connectivity index (χ2v) is 2.86. The van der Waals surface area contributed by atoms with Gasteiger partial charge in [-0.2, -0.15) is 0 Å². The molecular formula is C9H16O2. The van der Waals surface area contributed by atoms with Crippen molar-refractivity contribution in [3.63, 3.8) is 0 Å². The van der Waals surface area contributed by atoms with Crippen LogP contribution in [-0.2, 0) is 9.53 Å². The fourth-order valence-electron chi connectivity index (χ4n) is 0.844. The van der Waals surface area contributed by atoms with Crippen molar-refractivity contribution in [2.24, 2.45) is 5.92 Å². The normalized spacial score (nSPS) is 14.7. The van der Waals surface area contributed by atoms with Crippen LogP contribution < -0.4 is 0 Å². The Morgan fingerprint density at radius 1 is 1.55 bits per heavy atom. The predicted molar refractivity (Wildman–Crippen MR) is 45.5 cm³/mol. The average molecular weight is 156 g/mol. The molecule has 0 aromatic heterocycles. The number of carbonyl (C=O) groups is 1.